The molecule has 9 nitrogen and oxygen atoms in total. The fraction of sp³-hybridized carbons (Fsp3) is 0.194. The summed E-state index contributed by atoms with van der Waals surface area (Å²) in [6.45, 7) is 1.77. The number of nitrogens with one attached hydrogen (secondary N) is 3. The topological polar surface area (TPSA) is 129 Å². The molecule has 0 radical (unpaired) electrons. The maximum atomic E-state index is 13.0. The van der Waals surface area contributed by atoms with Gasteiger partial charge in [-0.05, 0) is 48.2 Å². The molecular weight excluding hydrogens is 504 g/mol. The van der Waals surface area contributed by atoms with E-state index >= 15 is 0 Å². The van der Waals surface area contributed by atoms with Gasteiger partial charge in [0, 0.05) is 42.7 Å². The van der Waals surface area contributed by atoms with Gasteiger partial charge >= 0.3 is 5.97 Å². The van der Waals surface area contributed by atoms with Crippen LogP contribution in [-0.4, -0.2) is 45.0 Å². The van der Waals surface area contributed by atoms with Crippen molar-refractivity contribution in [1.82, 2.24) is 20.3 Å². The van der Waals surface area contributed by atoms with Crippen molar-refractivity contribution >= 4 is 34.8 Å². The van der Waals surface area contributed by atoms with E-state index in [9.17, 15) is 14.7 Å². The average molecular weight is 535 g/mol. The molecule has 0 saturated carbocycles. The maximum Gasteiger partial charge on any atom is 0.307 e. The first kappa shape index (κ1) is 26.7. The molecule has 0 aliphatic carbocycles. The number of carbonyl (C=O) groups is 2. The van der Waals surface area contributed by atoms with Crippen molar-refractivity contribution in [3.05, 3.63) is 103 Å². The predicted molar refractivity (Wildman–Crippen MR) is 155 cm³/mol. The van der Waals surface area contributed by atoms with Crippen LogP contribution < -0.4 is 16.0 Å². The fourth-order valence-corrected chi connectivity index (χ4v) is 4.65. The first-order valence-corrected chi connectivity index (χ1v) is 13.2. The number of aromatic nitrogens is 3. The van der Waals surface area contributed by atoms with Gasteiger partial charge < -0.3 is 21.1 Å². The van der Waals surface area contributed by atoms with Crippen molar-refractivity contribution in [3.8, 4) is 11.3 Å². The number of amides is 1. The third kappa shape index (κ3) is 7.15. The van der Waals surface area contributed by atoms with Gasteiger partial charge in [-0.1, -0.05) is 54.6 Å². The van der Waals surface area contributed by atoms with Crippen molar-refractivity contribution in [2.24, 2.45) is 5.92 Å². The SMILES string of the molecule is O=C(C[C@H](Cc1ccccc1)C(=O)O)Nc1cc(Nc2cnccn2)nc(-c2cccc(C3=CCNCC3)c2)c1. The maximum absolute atomic E-state index is 13.0. The third-order valence-electron chi connectivity index (χ3n) is 6.63. The molecule has 0 unspecified atom stereocenters. The van der Waals surface area contributed by atoms with Crippen molar-refractivity contribution in [3.63, 3.8) is 0 Å². The molecule has 202 valence electrons. The monoisotopic (exact) mass is 534 g/mol. The van der Waals surface area contributed by atoms with Gasteiger partial charge in [-0.2, -0.15) is 0 Å². The Hall–Kier alpha value is -4.89. The highest BCUT2D eigenvalue weighted by Crippen LogP contribution is 2.29. The van der Waals surface area contributed by atoms with Crippen molar-refractivity contribution in [1.29, 1.82) is 0 Å². The summed E-state index contributed by atoms with van der Waals surface area (Å²) in [5.74, 6) is -1.27. The summed E-state index contributed by atoms with van der Waals surface area (Å²) in [5.41, 5.74) is 5.32. The van der Waals surface area contributed by atoms with Crippen LogP contribution in [0.5, 0.6) is 0 Å². The number of anilines is 3. The Kier molecular flexibility index (Phi) is 8.53. The zero-order valence-corrected chi connectivity index (χ0v) is 21.9. The summed E-state index contributed by atoms with van der Waals surface area (Å²) in [5, 5.41) is 19.1. The summed E-state index contributed by atoms with van der Waals surface area (Å²) in [4.78, 5) is 38.1. The van der Waals surface area contributed by atoms with Crippen LogP contribution in [0, 0.1) is 5.92 Å². The molecule has 5 rings (SSSR count). The summed E-state index contributed by atoms with van der Waals surface area (Å²) >= 11 is 0. The lowest BCUT2D eigenvalue weighted by Gasteiger charge is -2.16. The lowest BCUT2D eigenvalue weighted by atomic mass is 9.96. The second-order valence-corrected chi connectivity index (χ2v) is 9.58. The quantitative estimate of drug-likeness (QED) is 0.225. The zero-order valence-electron chi connectivity index (χ0n) is 21.9. The fourth-order valence-electron chi connectivity index (χ4n) is 4.65. The molecule has 1 aliphatic heterocycles. The molecule has 3 heterocycles. The highest BCUT2D eigenvalue weighted by molar-refractivity contribution is 5.94. The molecule has 2 aromatic heterocycles. The number of benzene rings is 2. The molecule has 0 fully saturated rings. The first-order chi connectivity index (χ1) is 19.5. The van der Waals surface area contributed by atoms with E-state index < -0.39 is 11.9 Å². The van der Waals surface area contributed by atoms with E-state index in [0.29, 0.717) is 23.0 Å². The van der Waals surface area contributed by atoms with Crippen molar-refractivity contribution in [2.45, 2.75) is 19.3 Å². The molecule has 40 heavy (non-hydrogen) atoms. The Balaban J connectivity index is 1.41. The summed E-state index contributed by atoms with van der Waals surface area (Å²) < 4.78 is 0. The van der Waals surface area contributed by atoms with E-state index in [-0.39, 0.29) is 18.7 Å². The molecule has 0 bridgehead atoms. The molecule has 1 amide bonds. The van der Waals surface area contributed by atoms with Crippen LogP contribution in [0.25, 0.3) is 16.8 Å². The average Bonchev–Trinajstić information content (AvgIpc) is 2.98. The first-order valence-electron chi connectivity index (χ1n) is 13.2. The molecule has 0 saturated heterocycles. The minimum absolute atomic E-state index is 0.160. The number of nitrogens with zero attached hydrogens (tertiary/aromatic N) is 3. The Morgan fingerprint density at radius 1 is 0.975 bits per heavy atom. The van der Waals surface area contributed by atoms with Crippen LogP contribution in [0.3, 0.4) is 0 Å². The van der Waals surface area contributed by atoms with E-state index in [1.165, 1.54) is 5.57 Å². The number of carboxylic acid groups (broad SMARTS) is 1. The molecule has 0 spiro atoms. The van der Waals surface area contributed by atoms with Crippen molar-refractivity contribution in [2.75, 3.05) is 23.7 Å². The second-order valence-electron chi connectivity index (χ2n) is 9.58. The molecule has 4 aromatic rings. The van der Waals surface area contributed by atoms with Gasteiger partial charge in [0.1, 0.15) is 11.6 Å². The normalized spacial score (nSPS) is 13.7. The van der Waals surface area contributed by atoms with Crippen LogP contribution >= 0.6 is 0 Å². The van der Waals surface area contributed by atoms with E-state index in [2.05, 4.69) is 44.1 Å². The predicted octanol–water partition coefficient (Wildman–Crippen LogP) is 4.93. The minimum atomic E-state index is -1.01. The zero-order chi connectivity index (χ0) is 27.7. The van der Waals surface area contributed by atoms with Gasteiger partial charge in [0.2, 0.25) is 5.91 Å². The van der Waals surface area contributed by atoms with Gasteiger partial charge in [-0.15, -0.1) is 0 Å². The standard InChI is InChI=1S/C31H30N6O3/c38-30(17-25(31(39)40)15-21-5-2-1-3-6-21)35-26-18-27(36-28(19-26)37-29-20-33-13-14-34-29)24-8-4-7-23(16-24)22-9-11-32-12-10-22/h1-9,13-14,16,18-20,25,32H,10-12,15,17H2,(H,39,40)(H2,34,35,36,37,38)/t25-/m0/s1. The largest absolute Gasteiger partial charge is 0.481 e. The van der Waals surface area contributed by atoms with Crippen LogP contribution in [0.15, 0.2) is 91.4 Å². The minimum Gasteiger partial charge on any atom is -0.481 e. The van der Waals surface area contributed by atoms with Crippen LogP contribution in [0.4, 0.5) is 17.3 Å². The van der Waals surface area contributed by atoms with Crippen molar-refractivity contribution < 1.29 is 14.7 Å². The number of pyridine rings is 1. The number of carboxylic acids is 1. The van der Waals surface area contributed by atoms with Gasteiger partial charge in [-0.3, -0.25) is 14.6 Å². The van der Waals surface area contributed by atoms with E-state index in [1.54, 1.807) is 30.7 Å². The molecule has 2 aromatic carbocycles. The Morgan fingerprint density at radius 3 is 2.58 bits per heavy atom. The summed E-state index contributed by atoms with van der Waals surface area (Å²) in [6.07, 6.45) is 7.98. The lowest BCUT2D eigenvalue weighted by Crippen LogP contribution is -2.24. The highest BCUT2D eigenvalue weighted by atomic mass is 16.4. The van der Waals surface area contributed by atoms with Crippen LogP contribution in [-0.2, 0) is 16.0 Å². The Morgan fingerprint density at radius 2 is 1.82 bits per heavy atom. The lowest BCUT2D eigenvalue weighted by molar-refractivity contribution is -0.143. The summed E-state index contributed by atoms with van der Waals surface area (Å²) in [6, 6.07) is 21.0. The Labute approximate surface area is 232 Å². The number of carbonyl (C=O) groups excluding carboxylic acids is 1. The van der Waals surface area contributed by atoms with Gasteiger partial charge in [0.25, 0.3) is 0 Å². The van der Waals surface area contributed by atoms with Gasteiger partial charge in [0.15, 0.2) is 0 Å². The third-order valence-corrected chi connectivity index (χ3v) is 6.63. The summed E-state index contributed by atoms with van der Waals surface area (Å²) in [7, 11) is 0. The molecular formula is C31H30N6O3. The van der Waals surface area contributed by atoms with Crippen LogP contribution in [0.2, 0.25) is 0 Å². The van der Waals surface area contributed by atoms with Gasteiger partial charge in [-0.25, -0.2) is 9.97 Å². The molecule has 1 atom stereocenters. The van der Waals surface area contributed by atoms with E-state index in [1.807, 2.05) is 42.5 Å². The molecule has 9 heteroatoms. The highest BCUT2D eigenvalue weighted by Gasteiger charge is 2.22. The van der Waals surface area contributed by atoms with E-state index in [0.717, 1.165) is 36.2 Å². The van der Waals surface area contributed by atoms with E-state index in [4.69, 9.17) is 4.98 Å². The second kappa shape index (κ2) is 12.8. The molecule has 1 aliphatic rings. The number of aliphatic carboxylic acids is 1. The number of hydrogen-bond donors (Lipinski definition) is 4. The van der Waals surface area contributed by atoms with Gasteiger partial charge in [0.05, 0.1) is 17.8 Å². The Bertz CT molecular complexity index is 1510. The van der Waals surface area contributed by atoms with Crippen LogP contribution in [0.1, 0.15) is 24.0 Å². The smallest absolute Gasteiger partial charge is 0.307 e. The molecule has 4 N–H and O–H groups in total. The number of hydrogen-bond acceptors (Lipinski definition) is 7. The number of rotatable bonds is 10.